The smallest absolute Gasteiger partial charge is 0.326 e. The van der Waals surface area contributed by atoms with Crippen LogP contribution >= 0.6 is 0 Å². The molecule has 2 rings (SSSR count). The summed E-state index contributed by atoms with van der Waals surface area (Å²) in [6, 6.07) is 4.04. The number of aromatic nitrogens is 1. The maximum absolute atomic E-state index is 12.2. The lowest BCUT2D eigenvalue weighted by atomic mass is 10.1. The summed E-state index contributed by atoms with van der Waals surface area (Å²) in [7, 11) is 0. The van der Waals surface area contributed by atoms with Gasteiger partial charge in [-0.2, -0.15) is 0 Å². The van der Waals surface area contributed by atoms with Crippen molar-refractivity contribution in [2.24, 2.45) is 11.5 Å². The lowest BCUT2D eigenvalue weighted by Gasteiger charge is -2.18. The molecular formula is C20H26N6O6. The predicted molar refractivity (Wildman–Crippen MR) is 114 cm³/mol. The van der Waals surface area contributed by atoms with E-state index in [9.17, 15) is 24.0 Å². The van der Waals surface area contributed by atoms with E-state index in [1.165, 1.54) is 6.92 Å². The van der Waals surface area contributed by atoms with Crippen LogP contribution in [0.5, 0.6) is 0 Å². The van der Waals surface area contributed by atoms with Crippen LogP contribution in [-0.2, 0) is 30.4 Å². The number of carbonyl (C=O) groups excluding carboxylic acids is 4. The molecule has 3 atom stereocenters. The Kier molecular flexibility index (Phi) is 8.30. The summed E-state index contributed by atoms with van der Waals surface area (Å²) < 4.78 is 0. The molecule has 9 N–H and O–H groups in total. The highest BCUT2D eigenvalue weighted by molar-refractivity contribution is 5.93. The number of rotatable bonds is 11. The fraction of sp³-hybridized carbons (Fsp3) is 0.350. The van der Waals surface area contributed by atoms with Gasteiger partial charge in [-0.3, -0.25) is 19.2 Å². The average molecular weight is 446 g/mol. The Labute approximate surface area is 183 Å². The lowest BCUT2D eigenvalue weighted by Crippen LogP contribution is -2.53. The largest absolute Gasteiger partial charge is 0.480 e. The Morgan fingerprint density at radius 2 is 1.78 bits per heavy atom. The molecule has 172 valence electrons. The summed E-state index contributed by atoms with van der Waals surface area (Å²) in [4.78, 5) is 61.4. The van der Waals surface area contributed by atoms with Crippen LogP contribution in [0.15, 0.2) is 30.5 Å². The van der Waals surface area contributed by atoms with Gasteiger partial charge in [0.15, 0.2) is 0 Å². The van der Waals surface area contributed by atoms with Crippen molar-refractivity contribution in [3.63, 3.8) is 0 Å². The molecule has 1 aromatic carbocycles. The summed E-state index contributed by atoms with van der Waals surface area (Å²) in [5, 5.41) is 16.8. The number of para-hydroxylation sites is 1. The van der Waals surface area contributed by atoms with E-state index in [1.807, 2.05) is 24.3 Å². The van der Waals surface area contributed by atoms with Crippen molar-refractivity contribution >= 4 is 40.5 Å². The van der Waals surface area contributed by atoms with Gasteiger partial charge in [-0.15, -0.1) is 0 Å². The molecule has 0 aliphatic rings. The number of primary amides is 1. The highest BCUT2D eigenvalue weighted by atomic mass is 16.4. The highest BCUT2D eigenvalue weighted by Crippen LogP contribution is 2.18. The van der Waals surface area contributed by atoms with Gasteiger partial charge in [-0.25, -0.2) is 4.79 Å². The molecule has 2 aromatic rings. The van der Waals surface area contributed by atoms with Gasteiger partial charge in [0.1, 0.15) is 12.1 Å². The van der Waals surface area contributed by atoms with Crippen molar-refractivity contribution < 1.29 is 29.1 Å². The van der Waals surface area contributed by atoms with Crippen molar-refractivity contribution in [3.8, 4) is 0 Å². The molecule has 0 radical (unpaired) electrons. The van der Waals surface area contributed by atoms with Crippen molar-refractivity contribution in [2.75, 3.05) is 6.54 Å². The lowest BCUT2D eigenvalue weighted by molar-refractivity contribution is -0.143. The fourth-order valence-corrected chi connectivity index (χ4v) is 2.98. The Morgan fingerprint density at radius 3 is 2.44 bits per heavy atom. The average Bonchev–Trinajstić information content (AvgIpc) is 3.13. The number of amides is 4. The van der Waals surface area contributed by atoms with E-state index in [0.717, 1.165) is 16.5 Å². The molecule has 12 nitrogen and oxygen atoms in total. The zero-order valence-electron chi connectivity index (χ0n) is 17.4. The van der Waals surface area contributed by atoms with Gasteiger partial charge in [0.2, 0.25) is 23.6 Å². The Hall–Kier alpha value is -3.93. The third-order valence-corrected chi connectivity index (χ3v) is 4.67. The van der Waals surface area contributed by atoms with Gasteiger partial charge < -0.3 is 37.5 Å². The van der Waals surface area contributed by atoms with Gasteiger partial charge in [-0.05, 0) is 25.0 Å². The first-order valence-corrected chi connectivity index (χ1v) is 9.77. The summed E-state index contributed by atoms with van der Waals surface area (Å²) in [5.41, 5.74) is 12.7. The van der Waals surface area contributed by atoms with Crippen molar-refractivity contribution in [3.05, 3.63) is 36.0 Å². The van der Waals surface area contributed by atoms with Crippen LogP contribution in [-0.4, -0.2) is 64.4 Å². The molecule has 0 aliphatic carbocycles. The normalized spacial score (nSPS) is 13.6. The molecule has 0 saturated heterocycles. The van der Waals surface area contributed by atoms with Gasteiger partial charge in [0, 0.05) is 17.1 Å². The first kappa shape index (κ1) is 24.3. The number of carbonyl (C=O) groups is 5. The first-order chi connectivity index (χ1) is 15.1. The molecule has 0 spiro atoms. The molecule has 12 heteroatoms. The van der Waals surface area contributed by atoms with Crippen LogP contribution in [0.4, 0.5) is 0 Å². The van der Waals surface area contributed by atoms with E-state index < -0.39 is 60.7 Å². The Morgan fingerprint density at radius 1 is 1.09 bits per heavy atom. The van der Waals surface area contributed by atoms with Gasteiger partial charge in [-0.1, -0.05) is 18.2 Å². The second kappa shape index (κ2) is 10.9. The number of fused-ring (bicyclic) bond motifs is 1. The second-order valence-corrected chi connectivity index (χ2v) is 7.25. The molecular weight excluding hydrogens is 420 g/mol. The van der Waals surface area contributed by atoms with Crippen LogP contribution < -0.4 is 27.4 Å². The SMILES string of the molecule is CC(NC(=O)CNC(=O)C(N)Cc1c[nH]c2ccccc12)C(=O)NC(CC(N)=O)C(=O)O. The van der Waals surface area contributed by atoms with Crippen LogP contribution in [0.1, 0.15) is 18.9 Å². The summed E-state index contributed by atoms with van der Waals surface area (Å²) >= 11 is 0. The summed E-state index contributed by atoms with van der Waals surface area (Å²) in [6.45, 7) is 0.892. The number of benzene rings is 1. The number of aliphatic carboxylic acids is 1. The number of hydrogen-bond acceptors (Lipinski definition) is 6. The molecule has 0 aliphatic heterocycles. The number of aromatic amines is 1. The maximum atomic E-state index is 12.2. The van der Waals surface area contributed by atoms with Gasteiger partial charge >= 0.3 is 5.97 Å². The molecule has 1 aromatic heterocycles. The minimum atomic E-state index is -1.51. The number of hydrogen-bond donors (Lipinski definition) is 7. The molecule has 3 unspecified atom stereocenters. The number of nitrogens with one attached hydrogen (secondary N) is 4. The van der Waals surface area contributed by atoms with Crippen molar-refractivity contribution in [1.29, 1.82) is 0 Å². The first-order valence-electron chi connectivity index (χ1n) is 9.77. The second-order valence-electron chi connectivity index (χ2n) is 7.25. The van der Waals surface area contributed by atoms with E-state index in [-0.39, 0.29) is 6.42 Å². The van der Waals surface area contributed by atoms with Crippen molar-refractivity contribution in [1.82, 2.24) is 20.9 Å². The monoisotopic (exact) mass is 446 g/mol. The van der Waals surface area contributed by atoms with Gasteiger partial charge in [0.05, 0.1) is 19.0 Å². The van der Waals surface area contributed by atoms with E-state index in [4.69, 9.17) is 16.6 Å². The topological polar surface area (TPSA) is 209 Å². The molecule has 0 saturated carbocycles. The summed E-state index contributed by atoms with van der Waals surface area (Å²) in [5.74, 6) is -4.39. The molecule has 4 amide bonds. The maximum Gasteiger partial charge on any atom is 0.326 e. The highest BCUT2D eigenvalue weighted by Gasteiger charge is 2.25. The standard InChI is InChI=1S/C20H26N6O6/c1-10(18(29)26-15(20(31)32)7-16(22)27)25-17(28)9-24-19(30)13(21)6-11-8-23-14-5-3-2-4-12(11)14/h2-5,8,10,13,15,23H,6-7,9,21H2,1H3,(H2,22,27)(H,24,30)(H,25,28)(H,26,29)(H,31,32). The summed E-state index contributed by atoms with van der Waals surface area (Å²) in [6.07, 6.45) is 1.44. The van der Waals surface area contributed by atoms with Crippen LogP contribution in [0, 0.1) is 0 Å². The number of nitrogens with two attached hydrogens (primary N) is 2. The van der Waals surface area contributed by atoms with E-state index in [1.54, 1.807) is 6.20 Å². The van der Waals surface area contributed by atoms with Crippen LogP contribution in [0.25, 0.3) is 10.9 Å². The third-order valence-electron chi connectivity index (χ3n) is 4.67. The molecule has 0 fully saturated rings. The van der Waals surface area contributed by atoms with E-state index in [0.29, 0.717) is 0 Å². The minimum Gasteiger partial charge on any atom is -0.480 e. The number of carboxylic acid groups (broad SMARTS) is 1. The Balaban J connectivity index is 1.80. The Bertz CT molecular complexity index is 1020. The fourth-order valence-electron chi connectivity index (χ4n) is 2.98. The predicted octanol–water partition coefficient (Wildman–Crippen LogP) is -1.90. The molecule has 32 heavy (non-hydrogen) atoms. The quantitative estimate of drug-likeness (QED) is 0.208. The zero-order valence-corrected chi connectivity index (χ0v) is 17.4. The van der Waals surface area contributed by atoms with Crippen LogP contribution in [0.2, 0.25) is 0 Å². The molecule has 0 bridgehead atoms. The van der Waals surface area contributed by atoms with Gasteiger partial charge in [0.25, 0.3) is 0 Å². The number of H-pyrrole nitrogens is 1. The third kappa shape index (κ3) is 6.80. The zero-order chi connectivity index (χ0) is 23.8. The van der Waals surface area contributed by atoms with E-state index >= 15 is 0 Å². The van der Waals surface area contributed by atoms with E-state index in [2.05, 4.69) is 20.9 Å². The molecule has 1 heterocycles. The van der Waals surface area contributed by atoms with Crippen LogP contribution in [0.3, 0.4) is 0 Å². The van der Waals surface area contributed by atoms with Crippen molar-refractivity contribution in [2.45, 2.75) is 37.9 Å². The number of carboxylic acids is 1. The minimum absolute atomic E-state index is 0.257.